The number of para-hydroxylation sites is 1. The SMILES string of the molecule is CCN(CC(=O)O)C(=O)C1CCN(c2ccccc2Br)C1=O. The highest BCUT2D eigenvalue weighted by Crippen LogP contribution is 2.31. The van der Waals surface area contributed by atoms with E-state index in [0.29, 0.717) is 13.0 Å². The number of nitrogens with zero attached hydrogens (tertiary/aromatic N) is 2. The number of aliphatic carboxylic acids is 1. The van der Waals surface area contributed by atoms with Gasteiger partial charge in [-0.15, -0.1) is 0 Å². The van der Waals surface area contributed by atoms with Crippen LogP contribution in [0.25, 0.3) is 0 Å². The Morgan fingerprint density at radius 3 is 2.68 bits per heavy atom. The Labute approximate surface area is 136 Å². The molecule has 1 fully saturated rings. The molecule has 1 aromatic rings. The van der Waals surface area contributed by atoms with Crippen LogP contribution >= 0.6 is 15.9 Å². The van der Waals surface area contributed by atoms with E-state index in [1.54, 1.807) is 11.8 Å². The van der Waals surface area contributed by atoms with Gasteiger partial charge in [0.2, 0.25) is 11.8 Å². The molecule has 1 aliphatic rings. The maximum absolute atomic E-state index is 12.5. The fourth-order valence-electron chi connectivity index (χ4n) is 2.55. The Balaban J connectivity index is 2.16. The lowest BCUT2D eigenvalue weighted by atomic mass is 10.1. The van der Waals surface area contributed by atoms with Gasteiger partial charge in [-0.1, -0.05) is 12.1 Å². The molecule has 2 rings (SSSR count). The van der Waals surface area contributed by atoms with Crippen LogP contribution in [0, 0.1) is 5.92 Å². The Morgan fingerprint density at radius 2 is 2.09 bits per heavy atom. The minimum Gasteiger partial charge on any atom is -0.480 e. The number of carbonyl (C=O) groups excluding carboxylic acids is 2. The first kappa shape index (κ1) is 16.5. The molecule has 118 valence electrons. The first-order valence-corrected chi connectivity index (χ1v) is 7.81. The summed E-state index contributed by atoms with van der Waals surface area (Å²) in [6.45, 7) is 2.03. The number of benzene rings is 1. The molecule has 0 radical (unpaired) electrons. The van der Waals surface area contributed by atoms with Gasteiger partial charge in [0.1, 0.15) is 12.5 Å². The zero-order valence-electron chi connectivity index (χ0n) is 12.2. The summed E-state index contributed by atoms with van der Waals surface area (Å²) in [5, 5.41) is 8.84. The zero-order chi connectivity index (χ0) is 16.3. The number of hydrogen-bond donors (Lipinski definition) is 1. The van der Waals surface area contributed by atoms with Gasteiger partial charge in [0, 0.05) is 17.6 Å². The Bertz CT molecular complexity index is 605. The number of carboxylic acid groups (broad SMARTS) is 1. The second kappa shape index (κ2) is 6.91. The third-order valence-corrected chi connectivity index (χ3v) is 4.34. The molecule has 0 aromatic heterocycles. The lowest BCUT2D eigenvalue weighted by Gasteiger charge is -2.22. The number of halogens is 1. The Hall–Kier alpha value is -1.89. The zero-order valence-corrected chi connectivity index (χ0v) is 13.7. The number of rotatable bonds is 5. The van der Waals surface area contributed by atoms with E-state index in [9.17, 15) is 14.4 Å². The standard InChI is InChI=1S/C15H17BrN2O4/c1-2-17(9-13(19)20)14(21)10-7-8-18(15(10)22)12-6-4-3-5-11(12)16/h3-6,10H,2,7-9H2,1H3,(H,19,20). The van der Waals surface area contributed by atoms with E-state index in [4.69, 9.17) is 5.11 Å². The van der Waals surface area contributed by atoms with Crippen molar-refractivity contribution in [2.45, 2.75) is 13.3 Å². The van der Waals surface area contributed by atoms with Crippen molar-refractivity contribution in [2.24, 2.45) is 5.92 Å². The number of anilines is 1. The quantitative estimate of drug-likeness (QED) is 0.802. The van der Waals surface area contributed by atoms with Gasteiger partial charge in [-0.05, 0) is 41.4 Å². The van der Waals surface area contributed by atoms with E-state index >= 15 is 0 Å². The predicted molar refractivity (Wildman–Crippen MR) is 84.5 cm³/mol. The van der Waals surface area contributed by atoms with Gasteiger partial charge in [-0.2, -0.15) is 0 Å². The molecule has 22 heavy (non-hydrogen) atoms. The monoisotopic (exact) mass is 368 g/mol. The van der Waals surface area contributed by atoms with Crippen LogP contribution in [0.15, 0.2) is 28.7 Å². The molecule has 1 saturated heterocycles. The third-order valence-electron chi connectivity index (χ3n) is 3.67. The highest BCUT2D eigenvalue weighted by Gasteiger charge is 2.40. The molecule has 2 amide bonds. The molecule has 0 aliphatic carbocycles. The van der Waals surface area contributed by atoms with Gasteiger partial charge < -0.3 is 14.9 Å². The van der Waals surface area contributed by atoms with Crippen LogP contribution in [0.4, 0.5) is 5.69 Å². The van der Waals surface area contributed by atoms with Crippen LogP contribution in [-0.2, 0) is 14.4 Å². The number of likely N-dealkylation sites (N-methyl/N-ethyl adjacent to an activating group) is 1. The molecule has 7 heteroatoms. The van der Waals surface area contributed by atoms with E-state index in [1.165, 1.54) is 4.90 Å². The third kappa shape index (κ3) is 3.30. The highest BCUT2D eigenvalue weighted by atomic mass is 79.9. The molecule has 0 saturated carbocycles. The summed E-state index contributed by atoms with van der Waals surface area (Å²) < 4.78 is 0.786. The van der Waals surface area contributed by atoms with E-state index in [2.05, 4.69) is 15.9 Å². The van der Waals surface area contributed by atoms with Gasteiger partial charge in [-0.25, -0.2) is 0 Å². The fourth-order valence-corrected chi connectivity index (χ4v) is 3.05. The molecule has 1 aromatic carbocycles. The second-order valence-corrected chi connectivity index (χ2v) is 5.88. The summed E-state index contributed by atoms with van der Waals surface area (Å²) in [5.74, 6) is -2.57. The molecule has 1 unspecified atom stereocenters. The van der Waals surface area contributed by atoms with Gasteiger partial charge in [-0.3, -0.25) is 14.4 Å². The summed E-state index contributed by atoms with van der Waals surface area (Å²) in [7, 11) is 0. The van der Waals surface area contributed by atoms with Crippen molar-refractivity contribution in [3.05, 3.63) is 28.7 Å². The molecular formula is C15H17BrN2O4. The summed E-state index contributed by atoms with van der Waals surface area (Å²) in [5.41, 5.74) is 0.726. The average molecular weight is 369 g/mol. The fraction of sp³-hybridized carbons (Fsp3) is 0.400. The van der Waals surface area contributed by atoms with Crippen molar-refractivity contribution in [3.63, 3.8) is 0 Å². The normalized spacial score (nSPS) is 17.6. The number of carbonyl (C=O) groups is 3. The van der Waals surface area contributed by atoms with Crippen LogP contribution in [0.5, 0.6) is 0 Å². The maximum atomic E-state index is 12.5. The number of hydrogen-bond acceptors (Lipinski definition) is 3. The summed E-state index contributed by atoms with van der Waals surface area (Å²) in [6.07, 6.45) is 0.398. The van der Waals surface area contributed by atoms with Crippen LogP contribution in [-0.4, -0.2) is 47.4 Å². The first-order valence-electron chi connectivity index (χ1n) is 7.02. The van der Waals surface area contributed by atoms with E-state index in [0.717, 1.165) is 10.2 Å². The van der Waals surface area contributed by atoms with Crippen LogP contribution in [0.1, 0.15) is 13.3 Å². The molecule has 1 N–H and O–H groups in total. The number of amides is 2. The van der Waals surface area contributed by atoms with E-state index < -0.39 is 17.8 Å². The van der Waals surface area contributed by atoms with Crippen molar-refractivity contribution < 1.29 is 19.5 Å². The summed E-state index contributed by atoms with van der Waals surface area (Å²) in [6, 6.07) is 7.32. The average Bonchev–Trinajstić information content (AvgIpc) is 2.86. The molecule has 0 spiro atoms. The van der Waals surface area contributed by atoms with Crippen molar-refractivity contribution in [3.8, 4) is 0 Å². The lowest BCUT2D eigenvalue weighted by molar-refractivity contribution is -0.147. The van der Waals surface area contributed by atoms with Crippen molar-refractivity contribution in [1.29, 1.82) is 0 Å². The minimum absolute atomic E-state index is 0.268. The smallest absolute Gasteiger partial charge is 0.323 e. The molecular weight excluding hydrogens is 352 g/mol. The van der Waals surface area contributed by atoms with Gasteiger partial charge >= 0.3 is 5.97 Å². The van der Waals surface area contributed by atoms with Gasteiger partial charge in [0.25, 0.3) is 0 Å². The highest BCUT2D eigenvalue weighted by molar-refractivity contribution is 9.10. The van der Waals surface area contributed by atoms with Crippen molar-refractivity contribution in [2.75, 3.05) is 24.5 Å². The molecule has 1 aliphatic heterocycles. The summed E-state index contributed by atoms with van der Waals surface area (Å²) >= 11 is 3.40. The largest absolute Gasteiger partial charge is 0.480 e. The van der Waals surface area contributed by atoms with Gasteiger partial charge in [0.05, 0.1) is 5.69 Å². The molecule has 0 bridgehead atoms. The van der Waals surface area contributed by atoms with Crippen molar-refractivity contribution in [1.82, 2.24) is 4.90 Å². The lowest BCUT2D eigenvalue weighted by Crippen LogP contribution is -2.42. The van der Waals surface area contributed by atoms with E-state index in [1.807, 2.05) is 24.3 Å². The topological polar surface area (TPSA) is 77.9 Å². The molecule has 1 atom stereocenters. The number of carboxylic acids is 1. The molecule has 1 heterocycles. The van der Waals surface area contributed by atoms with Crippen molar-refractivity contribution >= 4 is 39.4 Å². The van der Waals surface area contributed by atoms with E-state index in [-0.39, 0.29) is 19.0 Å². The van der Waals surface area contributed by atoms with Gasteiger partial charge in [0.15, 0.2) is 0 Å². The van der Waals surface area contributed by atoms with Crippen LogP contribution in [0.2, 0.25) is 0 Å². The second-order valence-electron chi connectivity index (χ2n) is 5.03. The predicted octanol–water partition coefficient (Wildman–Crippen LogP) is 1.74. The van der Waals surface area contributed by atoms with Crippen LogP contribution < -0.4 is 4.90 Å². The maximum Gasteiger partial charge on any atom is 0.323 e. The molecule has 6 nitrogen and oxygen atoms in total. The Morgan fingerprint density at radius 1 is 1.41 bits per heavy atom. The van der Waals surface area contributed by atoms with Crippen LogP contribution in [0.3, 0.4) is 0 Å². The minimum atomic E-state index is -1.08. The summed E-state index contributed by atoms with van der Waals surface area (Å²) in [4.78, 5) is 38.5. The first-order chi connectivity index (χ1) is 10.5. The Kier molecular flexibility index (Phi) is 5.18.